The molecule has 144 valence electrons. The van der Waals surface area contributed by atoms with Crippen molar-refractivity contribution in [1.29, 1.82) is 0 Å². The maximum absolute atomic E-state index is 12.8. The Balaban J connectivity index is 1.69. The molecule has 7 nitrogen and oxygen atoms in total. The Morgan fingerprint density at radius 2 is 1.74 bits per heavy atom. The van der Waals surface area contributed by atoms with Crippen molar-refractivity contribution in [3.63, 3.8) is 0 Å². The van der Waals surface area contributed by atoms with Crippen molar-refractivity contribution in [3.8, 4) is 11.4 Å². The fourth-order valence-corrected chi connectivity index (χ4v) is 3.38. The zero-order chi connectivity index (χ0) is 19.6. The van der Waals surface area contributed by atoms with E-state index in [0.29, 0.717) is 41.8 Å². The van der Waals surface area contributed by atoms with E-state index in [1.54, 1.807) is 21.6 Å². The standard InChI is InChI=1S/C18H22ClN5O2S/c1-12(2)17(26)23-9-7-22(8-10-23)15(25)11-24-16(20-21-18(24)27)13-3-5-14(19)6-4-13/h3-6,12H,7-11H2,1-2H3,(H,21,27). The van der Waals surface area contributed by atoms with Gasteiger partial charge in [0.15, 0.2) is 10.6 Å². The summed E-state index contributed by atoms with van der Waals surface area (Å²) in [5.41, 5.74) is 0.826. The van der Waals surface area contributed by atoms with Gasteiger partial charge in [0.25, 0.3) is 0 Å². The molecule has 0 spiro atoms. The lowest BCUT2D eigenvalue weighted by atomic mass is 10.1. The number of aromatic amines is 1. The normalized spacial score (nSPS) is 14.7. The minimum absolute atomic E-state index is 0.0292. The van der Waals surface area contributed by atoms with Gasteiger partial charge in [-0.15, -0.1) is 0 Å². The summed E-state index contributed by atoms with van der Waals surface area (Å²) < 4.78 is 2.08. The highest BCUT2D eigenvalue weighted by atomic mass is 35.5. The predicted octanol–water partition coefficient (Wildman–Crippen LogP) is 2.59. The Hall–Kier alpha value is -2.19. The van der Waals surface area contributed by atoms with Crippen molar-refractivity contribution >= 4 is 35.6 Å². The number of benzene rings is 1. The van der Waals surface area contributed by atoms with Gasteiger partial charge in [0, 0.05) is 42.7 Å². The summed E-state index contributed by atoms with van der Waals surface area (Å²) in [7, 11) is 0. The number of carbonyl (C=O) groups is 2. The van der Waals surface area contributed by atoms with Crippen molar-refractivity contribution in [2.75, 3.05) is 26.2 Å². The lowest BCUT2D eigenvalue weighted by Gasteiger charge is -2.35. The van der Waals surface area contributed by atoms with Crippen LogP contribution < -0.4 is 0 Å². The SMILES string of the molecule is CC(C)C(=O)N1CCN(C(=O)Cn2c(-c3ccc(Cl)cc3)n[nH]c2=S)CC1. The van der Waals surface area contributed by atoms with E-state index in [1.165, 1.54) is 0 Å². The number of piperazine rings is 1. The van der Waals surface area contributed by atoms with Crippen LogP contribution in [0.5, 0.6) is 0 Å². The number of aromatic nitrogens is 3. The number of nitrogens with one attached hydrogen (secondary N) is 1. The summed E-state index contributed by atoms with van der Waals surface area (Å²) in [6.45, 7) is 6.05. The van der Waals surface area contributed by atoms with Crippen LogP contribution in [0.15, 0.2) is 24.3 Å². The number of carbonyl (C=O) groups excluding carboxylic acids is 2. The van der Waals surface area contributed by atoms with Crippen LogP contribution in [-0.4, -0.2) is 62.6 Å². The topological polar surface area (TPSA) is 74.2 Å². The summed E-state index contributed by atoms with van der Waals surface area (Å²) in [5.74, 6) is 0.653. The summed E-state index contributed by atoms with van der Waals surface area (Å²) in [5, 5.41) is 7.63. The molecular formula is C18H22ClN5O2S. The largest absolute Gasteiger partial charge is 0.339 e. The van der Waals surface area contributed by atoms with Crippen LogP contribution >= 0.6 is 23.8 Å². The van der Waals surface area contributed by atoms with Gasteiger partial charge in [0.1, 0.15) is 6.54 Å². The molecule has 2 heterocycles. The number of hydrogen-bond donors (Lipinski definition) is 1. The quantitative estimate of drug-likeness (QED) is 0.790. The van der Waals surface area contributed by atoms with Crippen LogP contribution in [0.4, 0.5) is 0 Å². The van der Waals surface area contributed by atoms with Crippen molar-refractivity contribution in [1.82, 2.24) is 24.6 Å². The molecule has 0 unspecified atom stereocenters. The van der Waals surface area contributed by atoms with E-state index in [9.17, 15) is 9.59 Å². The van der Waals surface area contributed by atoms with Crippen molar-refractivity contribution in [2.24, 2.45) is 5.92 Å². The van der Waals surface area contributed by atoms with Gasteiger partial charge in [-0.3, -0.25) is 19.3 Å². The zero-order valence-electron chi connectivity index (χ0n) is 15.3. The second kappa shape index (κ2) is 8.22. The van der Waals surface area contributed by atoms with Gasteiger partial charge in [-0.2, -0.15) is 5.10 Å². The highest BCUT2D eigenvalue weighted by Gasteiger charge is 2.26. The first-order chi connectivity index (χ1) is 12.9. The first kappa shape index (κ1) is 19.6. The average Bonchev–Trinajstić information content (AvgIpc) is 3.02. The van der Waals surface area contributed by atoms with Gasteiger partial charge < -0.3 is 9.80 Å². The Morgan fingerprint density at radius 1 is 1.15 bits per heavy atom. The second-order valence-electron chi connectivity index (χ2n) is 6.81. The van der Waals surface area contributed by atoms with E-state index in [4.69, 9.17) is 23.8 Å². The lowest BCUT2D eigenvalue weighted by Crippen LogP contribution is -2.52. The second-order valence-corrected chi connectivity index (χ2v) is 7.63. The first-order valence-corrected chi connectivity index (χ1v) is 9.63. The van der Waals surface area contributed by atoms with Crippen LogP contribution in [0, 0.1) is 10.7 Å². The molecule has 0 saturated carbocycles. The third-order valence-electron chi connectivity index (χ3n) is 4.59. The van der Waals surface area contributed by atoms with Gasteiger partial charge in [0.05, 0.1) is 0 Å². The molecule has 9 heteroatoms. The van der Waals surface area contributed by atoms with Crippen LogP contribution in [0.25, 0.3) is 11.4 Å². The molecule has 0 bridgehead atoms. The number of nitrogens with zero attached hydrogens (tertiary/aromatic N) is 4. The number of halogens is 1. The van der Waals surface area contributed by atoms with Crippen LogP contribution in [0.1, 0.15) is 13.8 Å². The van der Waals surface area contributed by atoms with E-state index < -0.39 is 0 Å². The third-order valence-corrected chi connectivity index (χ3v) is 5.16. The number of hydrogen-bond acceptors (Lipinski definition) is 4. The number of rotatable bonds is 4. The molecule has 1 N–H and O–H groups in total. The molecule has 1 saturated heterocycles. The Bertz CT molecular complexity index is 882. The van der Waals surface area contributed by atoms with Gasteiger partial charge in [-0.1, -0.05) is 25.4 Å². The summed E-state index contributed by atoms with van der Waals surface area (Å²) in [6.07, 6.45) is 0. The monoisotopic (exact) mass is 407 g/mol. The van der Waals surface area contributed by atoms with Gasteiger partial charge in [-0.05, 0) is 36.5 Å². The van der Waals surface area contributed by atoms with E-state index in [0.717, 1.165) is 5.56 Å². The molecule has 3 rings (SSSR count). The Morgan fingerprint density at radius 3 is 2.33 bits per heavy atom. The molecular weight excluding hydrogens is 386 g/mol. The number of H-pyrrole nitrogens is 1. The van der Waals surface area contributed by atoms with Crippen LogP contribution in [0.2, 0.25) is 5.02 Å². The molecule has 1 aliphatic rings. The summed E-state index contributed by atoms with van der Waals surface area (Å²) in [6, 6.07) is 7.21. The maximum Gasteiger partial charge on any atom is 0.242 e. The average molecular weight is 408 g/mol. The highest BCUT2D eigenvalue weighted by Crippen LogP contribution is 2.20. The Labute approximate surface area is 167 Å². The third kappa shape index (κ3) is 4.39. The number of amides is 2. The first-order valence-electron chi connectivity index (χ1n) is 8.84. The molecule has 0 aliphatic carbocycles. The molecule has 1 aromatic heterocycles. The van der Waals surface area contributed by atoms with E-state index in [2.05, 4.69) is 10.2 Å². The van der Waals surface area contributed by atoms with Gasteiger partial charge in [0.2, 0.25) is 11.8 Å². The van der Waals surface area contributed by atoms with Crippen molar-refractivity contribution < 1.29 is 9.59 Å². The van der Waals surface area contributed by atoms with Crippen LogP contribution in [-0.2, 0) is 16.1 Å². The molecule has 0 atom stereocenters. The summed E-state index contributed by atoms with van der Waals surface area (Å²) in [4.78, 5) is 28.4. The highest BCUT2D eigenvalue weighted by molar-refractivity contribution is 7.71. The molecule has 27 heavy (non-hydrogen) atoms. The van der Waals surface area contributed by atoms with E-state index >= 15 is 0 Å². The van der Waals surface area contributed by atoms with E-state index in [-0.39, 0.29) is 24.3 Å². The van der Waals surface area contributed by atoms with Crippen LogP contribution in [0.3, 0.4) is 0 Å². The minimum Gasteiger partial charge on any atom is -0.339 e. The maximum atomic E-state index is 12.8. The van der Waals surface area contributed by atoms with Crippen molar-refractivity contribution in [3.05, 3.63) is 34.1 Å². The predicted molar refractivity (Wildman–Crippen MR) is 106 cm³/mol. The molecule has 1 aliphatic heterocycles. The van der Waals surface area contributed by atoms with Gasteiger partial charge >= 0.3 is 0 Å². The summed E-state index contributed by atoms with van der Waals surface area (Å²) >= 11 is 11.2. The molecule has 2 aromatic rings. The molecule has 1 aromatic carbocycles. The Kier molecular flexibility index (Phi) is 5.96. The molecule has 1 fully saturated rings. The molecule has 2 amide bonds. The lowest BCUT2D eigenvalue weighted by molar-refractivity contribution is -0.141. The fourth-order valence-electron chi connectivity index (χ4n) is 3.06. The van der Waals surface area contributed by atoms with E-state index in [1.807, 2.05) is 30.9 Å². The zero-order valence-corrected chi connectivity index (χ0v) is 16.9. The van der Waals surface area contributed by atoms with Crippen molar-refractivity contribution in [2.45, 2.75) is 20.4 Å². The molecule has 0 radical (unpaired) electrons. The smallest absolute Gasteiger partial charge is 0.242 e. The minimum atomic E-state index is -0.0423. The van der Waals surface area contributed by atoms with Gasteiger partial charge in [-0.25, -0.2) is 0 Å². The fraction of sp³-hybridized carbons (Fsp3) is 0.444.